The van der Waals surface area contributed by atoms with Gasteiger partial charge in [-0.1, -0.05) is 30.3 Å². The zero-order valence-electron chi connectivity index (χ0n) is 9.23. The van der Waals surface area contributed by atoms with Crippen LogP contribution in [0.2, 0.25) is 0 Å². The van der Waals surface area contributed by atoms with Crippen molar-refractivity contribution in [3.8, 4) is 0 Å². The van der Waals surface area contributed by atoms with Gasteiger partial charge in [0.1, 0.15) is 12.2 Å². The number of hydrogen-bond acceptors (Lipinski definition) is 4. The lowest BCUT2D eigenvalue weighted by Gasteiger charge is -2.39. The Labute approximate surface area is 99.4 Å². The van der Waals surface area contributed by atoms with Gasteiger partial charge in [0.2, 0.25) is 0 Å². The number of benzene rings is 1. The Bertz CT molecular complexity index is 403. The fourth-order valence-corrected chi connectivity index (χ4v) is 2.09. The summed E-state index contributed by atoms with van der Waals surface area (Å²) in [6.07, 6.45) is 1.44. The first-order valence-electron chi connectivity index (χ1n) is 5.67. The average molecular weight is 234 g/mol. The molecule has 2 heterocycles. The summed E-state index contributed by atoms with van der Waals surface area (Å²) in [5, 5.41) is 9.82. The Morgan fingerprint density at radius 2 is 2.00 bits per heavy atom. The fourth-order valence-electron chi connectivity index (χ4n) is 2.09. The molecule has 90 valence electrons. The molecule has 0 bridgehead atoms. The van der Waals surface area contributed by atoms with Crippen molar-refractivity contribution in [3.05, 3.63) is 48.2 Å². The minimum Gasteiger partial charge on any atom is -0.493 e. The van der Waals surface area contributed by atoms with Crippen LogP contribution < -0.4 is 0 Å². The van der Waals surface area contributed by atoms with Crippen LogP contribution in [0.5, 0.6) is 0 Å². The molecule has 0 unspecified atom stereocenters. The normalized spacial score (nSPS) is 36.1. The highest BCUT2D eigenvalue weighted by atomic mass is 16.7. The Hall–Kier alpha value is -1.36. The Balaban J connectivity index is 1.77. The summed E-state index contributed by atoms with van der Waals surface area (Å²) in [5.74, 6) is 0. The highest BCUT2D eigenvalue weighted by molar-refractivity contribution is 5.16. The van der Waals surface area contributed by atoms with Crippen LogP contribution in [0.1, 0.15) is 11.9 Å². The second kappa shape index (κ2) is 4.49. The molecule has 1 N–H and O–H groups in total. The Morgan fingerprint density at radius 3 is 2.82 bits per heavy atom. The third-order valence-corrected chi connectivity index (χ3v) is 3.00. The lowest BCUT2D eigenvalue weighted by molar-refractivity contribution is -0.276. The van der Waals surface area contributed by atoms with Crippen LogP contribution in [-0.4, -0.2) is 30.0 Å². The molecule has 2 aliphatic rings. The molecule has 0 aliphatic carbocycles. The largest absolute Gasteiger partial charge is 0.493 e. The Kier molecular flexibility index (Phi) is 2.84. The molecule has 1 aromatic carbocycles. The third kappa shape index (κ3) is 2.07. The van der Waals surface area contributed by atoms with E-state index >= 15 is 0 Å². The van der Waals surface area contributed by atoms with E-state index in [1.165, 1.54) is 6.26 Å². The van der Waals surface area contributed by atoms with Crippen molar-refractivity contribution in [2.75, 3.05) is 6.61 Å². The zero-order chi connectivity index (χ0) is 11.7. The quantitative estimate of drug-likeness (QED) is 0.797. The van der Waals surface area contributed by atoms with E-state index in [0.717, 1.165) is 5.56 Å². The zero-order valence-corrected chi connectivity index (χ0v) is 9.23. The fraction of sp³-hybridized carbons (Fsp3) is 0.385. The molecule has 1 fully saturated rings. The minimum absolute atomic E-state index is 0.227. The number of fused-ring (bicyclic) bond motifs is 1. The predicted molar refractivity (Wildman–Crippen MR) is 60.0 cm³/mol. The maximum Gasteiger partial charge on any atom is 0.184 e. The standard InChI is InChI=1S/C13H14O4/c14-10-6-7-15-11-8-16-13(17-12(10)11)9-4-2-1-3-5-9/h1-7,10-14H,8H2/t10-,11-,12-,13+/m0/s1. The first-order valence-corrected chi connectivity index (χ1v) is 5.67. The van der Waals surface area contributed by atoms with Crippen LogP contribution in [0.3, 0.4) is 0 Å². The van der Waals surface area contributed by atoms with Crippen LogP contribution in [0.25, 0.3) is 0 Å². The van der Waals surface area contributed by atoms with Gasteiger partial charge in [-0.15, -0.1) is 0 Å². The van der Waals surface area contributed by atoms with Gasteiger partial charge in [-0.05, 0) is 6.08 Å². The lowest BCUT2D eigenvalue weighted by Crippen LogP contribution is -2.49. The van der Waals surface area contributed by atoms with E-state index in [1.54, 1.807) is 6.08 Å². The van der Waals surface area contributed by atoms with E-state index in [0.29, 0.717) is 6.61 Å². The molecule has 3 rings (SSSR count). The van der Waals surface area contributed by atoms with Crippen LogP contribution >= 0.6 is 0 Å². The van der Waals surface area contributed by atoms with Crippen molar-refractivity contribution >= 4 is 0 Å². The number of ether oxygens (including phenoxy) is 3. The number of aliphatic hydroxyl groups excluding tert-OH is 1. The smallest absolute Gasteiger partial charge is 0.184 e. The molecular formula is C13H14O4. The summed E-state index contributed by atoms with van der Waals surface area (Å²) in [7, 11) is 0. The van der Waals surface area contributed by atoms with Gasteiger partial charge >= 0.3 is 0 Å². The van der Waals surface area contributed by atoms with Gasteiger partial charge in [0.15, 0.2) is 12.4 Å². The summed E-state index contributed by atoms with van der Waals surface area (Å²) in [4.78, 5) is 0. The lowest BCUT2D eigenvalue weighted by atomic mass is 10.0. The van der Waals surface area contributed by atoms with E-state index < -0.39 is 12.4 Å². The summed E-state index contributed by atoms with van der Waals surface area (Å²) in [6.45, 7) is 0.422. The summed E-state index contributed by atoms with van der Waals surface area (Å²) < 4.78 is 16.7. The molecule has 0 amide bonds. The van der Waals surface area contributed by atoms with Gasteiger partial charge < -0.3 is 19.3 Å². The molecule has 2 aliphatic heterocycles. The molecule has 4 atom stereocenters. The van der Waals surface area contributed by atoms with E-state index in [-0.39, 0.29) is 12.2 Å². The van der Waals surface area contributed by atoms with Crippen molar-refractivity contribution < 1.29 is 19.3 Å². The van der Waals surface area contributed by atoms with Crippen LogP contribution in [-0.2, 0) is 14.2 Å². The topological polar surface area (TPSA) is 47.9 Å². The highest BCUT2D eigenvalue weighted by Gasteiger charge is 2.39. The van der Waals surface area contributed by atoms with Gasteiger partial charge in [0.25, 0.3) is 0 Å². The van der Waals surface area contributed by atoms with Crippen molar-refractivity contribution in [3.63, 3.8) is 0 Å². The molecule has 4 heteroatoms. The summed E-state index contributed by atoms with van der Waals surface area (Å²) in [5.41, 5.74) is 0.952. The first-order chi connectivity index (χ1) is 8.34. The van der Waals surface area contributed by atoms with Gasteiger partial charge in [0, 0.05) is 5.56 Å². The second-order valence-electron chi connectivity index (χ2n) is 4.17. The summed E-state index contributed by atoms with van der Waals surface area (Å²) >= 11 is 0. The van der Waals surface area contributed by atoms with E-state index in [2.05, 4.69) is 0 Å². The van der Waals surface area contributed by atoms with Crippen LogP contribution in [0, 0.1) is 0 Å². The number of rotatable bonds is 1. The predicted octanol–water partition coefficient (Wildman–Crippen LogP) is 1.37. The van der Waals surface area contributed by atoms with Gasteiger partial charge in [-0.25, -0.2) is 0 Å². The van der Waals surface area contributed by atoms with Gasteiger partial charge in [-0.3, -0.25) is 0 Å². The van der Waals surface area contributed by atoms with Gasteiger partial charge in [0.05, 0.1) is 12.9 Å². The monoisotopic (exact) mass is 234 g/mol. The van der Waals surface area contributed by atoms with Gasteiger partial charge in [-0.2, -0.15) is 0 Å². The van der Waals surface area contributed by atoms with Crippen molar-refractivity contribution in [1.82, 2.24) is 0 Å². The molecule has 0 aromatic heterocycles. The number of hydrogen-bond donors (Lipinski definition) is 1. The average Bonchev–Trinajstić information content (AvgIpc) is 2.40. The van der Waals surface area contributed by atoms with Crippen LogP contribution in [0.15, 0.2) is 42.7 Å². The molecule has 4 nitrogen and oxygen atoms in total. The molecule has 1 aromatic rings. The second-order valence-corrected chi connectivity index (χ2v) is 4.17. The van der Waals surface area contributed by atoms with Crippen molar-refractivity contribution in [2.24, 2.45) is 0 Å². The molecule has 1 saturated heterocycles. The highest BCUT2D eigenvalue weighted by Crippen LogP contribution is 2.30. The maximum atomic E-state index is 9.82. The van der Waals surface area contributed by atoms with Crippen molar-refractivity contribution in [2.45, 2.75) is 24.6 Å². The molecular weight excluding hydrogens is 220 g/mol. The number of aliphatic hydroxyl groups is 1. The third-order valence-electron chi connectivity index (χ3n) is 3.00. The summed E-state index contributed by atoms with van der Waals surface area (Å²) in [6, 6.07) is 9.69. The minimum atomic E-state index is -0.635. The first kappa shape index (κ1) is 10.8. The van der Waals surface area contributed by atoms with E-state index in [9.17, 15) is 5.11 Å². The molecule has 17 heavy (non-hydrogen) atoms. The SMILES string of the molecule is O[C@H]1C=CO[C@H]2CO[C@@H](c3ccccc3)O[C@H]21. The molecule has 0 saturated carbocycles. The van der Waals surface area contributed by atoms with E-state index in [1.807, 2.05) is 30.3 Å². The van der Waals surface area contributed by atoms with Crippen molar-refractivity contribution in [1.29, 1.82) is 0 Å². The van der Waals surface area contributed by atoms with E-state index in [4.69, 9.17) is 14.2 Å². The maximum absolute atomic E-state index is 9.82. The molecule has 0 spiro atoms. The van der Waals surface area contributed by atoms with Crippen LogP contribution in [0.4, 0.5) is 0 Å². The molecule has 0 radical (unpaired) electrons. The Morgan fingerprint density at radius 1 is 1.18 bits per heavy atom.